The van der Waals surface area contributed by atoms with Crippen LogP contribution in [-0.2, 0) is 4.74 Å². The van der Waals surface area contributed by atoms with Gasteiger partial charge in [0.2, 0.25) is 0 Å². The summed E-state index contributed by atoms with van der Waals surface area (Å²) in [6.07, 6.45) is 2.30. The summed E-state index contributed by atoms with van der Waals surface area (Å²) in [6, 6.07) is 9.84. The maximum absolute atomic E-state index is 5.47. The van der Waals surface area contributed by atoms with Gasteiger partial charge >= 0.3 is 0 Å². The van der Waals surface area contributed by atoms with Crippen molar-refractivity contribution >= 4 is 11.4 Å². The standard InChI is InChI=1S/C14H20N2O/c1-11-10-15-13-4-2-3-5-14(13)16(11)12-6-8-17-9-7-12/h2-5,11-12,15H,6-10H2,1H3. The van der Waals surface area contributed by atoms with Gasteiger partial charge in [-0.2, -0.15) is 0 Å². The second-order valence-electron chi connectivity index (χ2n) is 5.00. The summed E-state index contributed by atoms with van der Waals surface area (Å²) >= 11 is 0. The number of anilines is 2. The lowest BCUT2D eigenvalue weighted by molar-refractivity contribution is 0.0829. The van der Waals surface area contributed by atoms with Crippen LogP contribution in [0.5, 0.6) is 0 Å². The first kappa shape index (κ1) is 10.9. The van der Waals surface area contributed by atoms with Gasteiger partial charge in [-0.25, -0.2) is 0 Å². The second kappa shape index (κ2) is 4.57. The van der Waals surface area contributed by atoms with Crippen molar-refractivity contribution in [2.45, 2.75) is 31.8 Å². The van der Waals surface area contributed by atoms with Crippen LogP contribution in [0.3, 0.4) is 0 Å². The maximum atomic E-state index is 5.47. The van der Waals surface area contributed by atoms with Gasteiger partial charge in [0.1, 0.15) is 0 Å². The molecule has 2 aliphatic heterocycles. The molecule has 0 bridgehead atoms. The molecule has 0 spiro atoms. The van der Waals surface area contributed by atoms with E-state index in [1.165, 1.54) is 11.4 Å². The van der Waals surface area contributed by atoms with E-state index in [9.17, 15) is 0 Å². The summed E-state index contributed by atoms with van der Waals surface area (Å²) in [5.41, 5.74) is 2.63. The Morgan fingerprint density at radius 3 is 2.82 bits per heavy atom. The molecule has 0 aromatic heterocycles. The summed E-state index contributed by atoms with van der Waals surface area (Å²) in [5, 5.41) is 3.51. The predicted molar refractivity (Wildman–Crippen MR) is 70.7 cm³/mol. The highest BCUT2D eigenvalue weighted by Gasteiger charge is 2.29. The molecule has 17 heavy (non-hydrogen) atoms. The minimum Gasteiger partial charge on any atom is -0.381 e. The number of nitrogens with one attached hydrogen (secondary N) is 1. The molecule has 1 aromatic rings. The van der Waals surface area contributed by atoms with Crippen LogP contribution in [-0.4, -0.2) is 31.8 Å². The van der Waals surface area contributed by atoms with Crippen LogP contribution in [0.1, 0.15) is 19.8 Å². The SMILES string of the molecule is CC1CNc2ccccc2N1C1CCOCC1. The average Bonchev–Trinajstić information content (AvgIpc) is 2.39. The van der Waals surface area contributed by atoms with Gasteiger partial charge in [-0.3, -0.25) is 0 Å². The van der Waals surface area contributed by atoms with E-state index in [2.05, 4.69) is 41.4 Å². The molecule has 1 aromatic carbocycles. The van der Waals surface area contributed by atoms with Gasteiger partial charge < -0.3 is 15.0 Å². The van der Waals surface area contributed by atoms with Crippen molar-refractivity contribution in [2.24, 2.45) is 0 Å². The Bertz CT molecular complexity index is 388. The summed E-state index contributed by atoms with van der Waals surface area (Å²) in [6.45, 7) is 5.15. The molecule has 2 heterocycles. The van der Waals surface area contributed by atoms with Crippen molar-refractivity contribution in [3.05, 3.63) is 24.3 Å². The molecule has 3 rings (SSSR count). The van der Waals surface area contributed by atoms with E-state index in [4.69, 9.17) is 4.74 Å². The zero-order valence-corrected chi connectivity index (χ0v) is 10.4. The molecule has 0 aliphatic carbocycles. The van der Waals surface area contributed by atoms with Gasteiger partial charge in [0.05, 0.1) is 11.4 Å². The van der Waals surface area contributed by atoms with Crippen molar-refractivity contribution in [3.63, 3.8) is 0 Å². The van der Waals surface area contributed by atoms with Gasteiger partial charge in [-0.15, -0.1) is 0 Å². The Labute approximate surface area is 103 Å². The Morgan fingerprint density at radius 1 is 1.24 bits per heavy atom. The van der Waals surface area contributed by atoms with Crippen LogP contribution >= 0.6 is 0 Å². The number of benzene rings is 1. The number of hydrogen-bond donors (Lipinski definition) is 1. The van der Waals surface area contributed by atoms with Crippen LogP contribution in [0.25, 0.3) is 0 Å². The molecule has 3 nitrogen and oxygen atoms in total. The largest absolute Gasteiger partial charge is 0.381 e. The van der Waals surface area contributed by atoms with Crippen molar-refractivity contribution < 1.29 is 4.74 Å². The normalized spacial score (nSPS) is 25.2. The van der Waals surface area contributed by atoms with Gasteiger partial charge in [0.15, 0.2) is 0 Å². The van der Waals surface area contributed by atoms with E-state index < -0.39 is 0 Å². The van der Waals surface area contributed by atoms with E-state index in [-0.39, 0.29) is 0 Å². The lowest BCUT2D eigenvalue weighted by Gasteiger charge is -2.44. The second-order valence-corrected chi connectivity index (χ2v) is 5.00. The van der Waals surface area contributed by atoms with Crippen molar-refractivity contribution in [1.29, 1.82) is 0 Å². The Morgan fingerprint density at radius 2 is 2.00 bits per heavy atom. The molecule has 92 valence electrons. The Hall–Kier alpha value is -1.22. The highest BCUT2D eigenvalue weighted by Crippen LogP contribution is 2.34. The Kier molecular flexibility index (Phi) is 2.93. The fourth-order valence-corrected chi connectivity index (χ4v) is 2.96. The molecule has 1 atom stereocenters. The summed E-state index contributed by atoms with van der Waals surface area (Å²) < 4.78 is 5.47. The van der Waals surface area contributed by atoms with E-state index in [1.807, 2.05) is 0 Å². The lowest BCUT2D eigenvalue weighted by atomic mass is 10.0. The van der Waals surface area contributed by atoms with Gasteiger partial charge in [0, 0.05) is 31.8 Å². The van der Waals surface area contributed by atoms with Crippen LogP contribution in [0, 0.1) is 0 Å². The minimum atomic E-state index is 0.563. The molecule has 0 amide bonds. The van der Waals surface area contributed by atoms with Crippen LogP contribution in [0.4, 0.5) is 11.4 Å². The fourth-order valence-electron chi connectivity index (χ4n) is 2.96. The van der Waals surface area contributed by atoms with E-state index in [1.54, 1.807) is 0 Å². The fraction of sp³-hybridized carbons (Fsp3) is 0.571. The first-order valence-corrected chi connectivity index (χ1v) is 6.55. The van der Waals surface area contributed by atoms with E-state index in [0.717, 1.165) is 32.6 Å². The third-order valence-electron chi connectivity index (χ3n) is 3.83. The first-order chi connectivity index (χ1) is 8.36. The molecule has 0 saturated carbocycles. The molecular formula is C14H20N2O. The first-order valence-electron chi connectivity index (χ1n) is 6.55. The molecule has 1 saturated heterocycles. The number of nitrogens with zero attached hydrogens (tertiary/aromatic N) is 1. The molecule has 0 radical (unpaired) electrons. The summed E-state index contributed by atoms with van der Waals surface area (Å²) in [5.74, 6) is 0. The Balaban J connectivity index is 1.91. The maximum Gasteiger partial charge on any atom is 0.0607 e. The molecule has 1 fully saturated rings. The number of fused-ring (bicyclic) bond motifs is 1. The number of para-hydroxylation sites is 2. The summed E-state index contributed by atoms with van der Waals surface area (Å²) in [4.78, 5) is 2.59. The van der Waals surface area contributed by atoms with E-state index >= 15 is 0 Å². The zero-order chi connectivity index (χ0) is 11.7. The van der Waals surface area contributed by atoms with Crippen molar-refractivity contribution in [1.82, 2.24) is 0 Å². The molecule has 2 aliphatic rings. The molecular weight excluding hydrogens is 212 g/mol. The number of rotatable bonds is 1. The topological polar surface area (TPSA) is 24.5 Å². The van der Waals surface area contributed by atoms with Crippen molar-refractivity contribution in [3.8, 4) is 0 Å². The molecule has 1 unspecified atom stereocenters. The third kappa shape index (κ3) is 2.00. The molecule has 3 heteroatoms. The lowest BCUT2D eigenvalue weighted by Crippen LogP contribution is -2.50. The predicted octanol–water partition coefficient (Wildman–Crippen LogP) is 2.49. The number of ether oxygens (including phenoxy) is 1. The van der Waals surface area contributed by atoms with E-state index in [0.29, 0.717) is 12.1 Å². The highest BCUT2D eigenvalue weighted by atomic mass is 16.5. The van der Waals surface area contributed by atoms with Crippen molar-refractivity contribution in [2.75, 3.05) is 30.0 Å². The molecule has 1 N–H and O–H groups in total. The average molecular weight is 232 g/mol. The quantitative estimate of drug-likeness (QED) is 0.805. The monoisotopic (exact) mass is 232 g/mol. The number of hydrogen-bond acceptors (Lipinski definition) is 3. The van der Waals surface area contributed by atoms with Crippen LogP contribution in [0.15, 0.2) is 24.3 Å². The summed E-state index contributed by atoms with van der Waals surface area (Å²) in [7, 11) is 0. The van der Waals surface area contributed by atoms with Gasteiger partial charge in [-0.05, 0) is 31.9 Å². The third-order valence-corrected chi connectivity index (χ3v) is 3.83. The van der Waals surface area contributed by atoms with Gasteiger partial charge in [0.25, 0.3) is 0 Å². The smallest absolute Gasteiger partial charge is 0.0607 e. The highest BCUT2D eigenvalue weighted by molar-refractivity contribution is 5.73. The van der Waals surface area contributed by atoms with Gasteiger partial charge in [-0.1, -0.05) is 12.1 Å². The minimum absolute atomic E-state index is 0.563. The van der Waals surface area contributed by atoms with Crippen LogP contribution in [0.2, 0.25) is 0 Å². The zero-order valence-electron chi connectivity index (χ0n) is 10.4. The van der Waals surface area contributed by atoms with Crippen LogP contribution < -0.4 is 10.2 Å².